The monoisotopic (exact) mass is 1090 g/mol. The van der Waals surface area contributed by atoms with Crippen LogP contribution in [0.15, 0.2) is 43.4 Å². The average Bonchev–Trinajstić information content (AvgIpc) is 3.98. The highest BCUT2D eigenvalue weighted by molar-refractivity contribution is 7.99. The normalized spacial score (nSPS) is 32.2. The Kier molecular flexibility index (Phi) is 16.9. The first-order valence-corrected chi connectivity index (χ1v) is 25.7. The Labute approximate surface area is 423 Å². The van der Waals surface area contributed by atoms with E-state index in [-0.39, 0.29) is 80.6 Å². The number of nitrogens with zero attached hydrogens (tertiary/aromatic N) is 8. The van der Waals surface area contributed by atoms with Crippen LogP contribution in [-0.2, 0) is 42.8 Å². The van der Waals surface area contributed by atoms with Gasteiger partial charge in [-0.1, -0.05) is 0 Å². The zero-order valence-electron chi connectivity index (χ0n) is 38.1. The topological polar surface area (TPSA) is 483 Å². The molecule has 8 heterocycles. The standard InChI is InChI=1S/C40H54N12O18S3/c41-21-1-13(5-53)49(37(63)45-21)33-30(60)26(56)18(68-33)10-72-8-15-3-23(43)47-39(65)51(15)35-32(62)28(58)20(70-35)12-73-9-16-4-24(44)48-40(66)52(16)36-31(61)27(57)19(69-36)11-71-7-14-2-22(42)46-38(64)50(14)34-29(59)25(55)17(6-54)67-34/h1-4,17-20,25-36,53-62H,5-12H2,(H2,41,45,63)(H2,42,46,64)(H2,43,47,65)(H2,44,48,66)/t17-,18-,19-,20-,25-,26-,27-,28-,29-,30-,31-,32-,33-,34-,35-,36-/m1/s1. The van der Waals surface area contributed by atoms with Gasteiger partial charge in [0.1, 0.15) is 78.2 Å². The van der Waals surface area contributed by atoms with Crippen LogP contribution in [0.25, 0.3) is 0 Å². The van der Waals surface area contributed by atoms with Crippen molar-refractivity contribution in [3.05, 3.63) is 89.0 Å². The molecule has 18 N–H and O–H groups in total. The minimum atomic E-state index is -1.67. The molecule has 4 aliphatic heterocycles. The minimum Gasteiger partial charge on any atom is -0.394 e. The SMILES string of the molecule is Nc1cc(CSC[C@H]2O[C@@H](n3c(CSC[C@H]4O[C@@H](n5c(CSC[C@H]6O[C@@H](n7c(CO)cc(N)nc7=O)[C@H](O)[C@@H]6O)cc(N)nc5=O)[C@H](O)[C@@H]4O)cc(N)nc3=O)[C@H](O)[C@@H]2O)n([C@@H]2O[C@H](CO)[C@@H](O)[C@H]2O)c(=O)n1. The Morgan fingerprint density at radius 1 is 0.411 bits per heavy atom. The maximum atomic E-state index is 13.4. The van der Waals surface area contributed by atoms with E-state index in [2.05, 4.69) is 19.9 Å². The zero-order valence-corrected chi connectivity index (χ0v) is 40.5. The van der Waals surface area contributed by atoms with Crippen LogP contribution in [0, 0.1) is 0 Å². The van der Waals surface area contributed by atoms with Crippen LogP contribution in [0.2, 0.25) is 0 Å². The number of nitrogen functional groups attached to an aromatic ring is 4. The number of aliphatic hydroxyl groups excluding tert-OH is 10. The molecule has 4 saturated heterocycles. The van der Waals surface area contributed by atoms with Gasteiger partial charge in [0.25, 0.3) is 0 Å². The van der Waals surface area contributed by atoms with Gasteiger partial charge in [-0.2, -0.15) is 55.2 Å². The first kappa shape index (κ1) is 54.5. The number of aliphatic hydroxyl groups is 10. The Morgan fingerprint density at radius 2 is 0.658 bits per heavy atom. The molecule has 0 aliphatic carbocycles. The van der Waals surface area contributed by atoms with E-state index in [1.54, 1.807) is 0 Å². The number of ether oxygens (including phenoxy) is 4. The van der Waals surface area contributed by atoms with Crippen LogP contribution in [-0.4, -0.2) is 186 Å². The summed E-state index contributed by atoms with van der Waals surface area (Å²) in [5.41, 5.74) is 20.2. The number of anilines is 4. The smallest absolute Gasteiger partial charge is 0.352 e. The predicted octanol–water partition coefficient (Wildman–Crippen LogP) is -7.00. The molecule has 0 radical (unpaired) electrons. The van der Waals surface area contributed by atoms with E-state index in [0.717, 1.165) is 53.6 Å². The van der Waals surface area contributed by atoms with E-state index in [4.69, 9.17) is 41.9 Å². The van der Waals surface area contributed by atoms with Gasteiger partial charge in [0.2, 0.25) is 0 Å². The molecule has 0 bridgehead atoms. The van der Waals surface area contributed by atoms with Gasteiger partial charge in [0, 0.05) is 75.9 Å². The first-order chi connectivity index (χ1) is 34.7. The molecule has 33 heteroatoms. The van der Waals surface area contributed by atoms with Gasteiger partial charge in [0.05, 0.1) is 37.2 Å². The lowest BCUT2D eigenvalue weighted by atomic mass is 10.1. The lowest BCUT2D eigenvalue weighted by molar-refractivity contribution is -0.0559. The van der Waals surface area contributed by atoms with Gasteiger partial charge in [-0.15, -0.1) is 0 Å². The van der Waals surface area contributed by atoms with Gasteiger partial charge in [-0.05, 0) is 0 Å². The van der Waals surface area contributed by atoms with E-state index in [9.17, 15) is 70.2 Å². The number of hydrogen-bond donors (Lipinski definition) is 14. The van der Waals surface area contributed by atoms with E-state index in [0.29, 0.717) is 0 Å². The lowest BCUT2D eigenvalue weighted by Crippen LogP contribution is -2.38. The van der Waals surface area contributed by atoms with Gasteiger partial charge in [-0.25, -0.2) is 19.2 Å². The molecule has 0 unspecified atom stereocenters. The van der Waals surface area contributed by atoms with Crippen molar-refractivity contribution in [1.29, 1.82) is 0 Å². The second-order valence-electron chi connectivity index (χ2n) is 17.4. The summed E-state index contributed by atoms with van der Waals surface area (Å²) in [6.45, 7) is -1.29. The molecule has 4 aliphatic rings. The fourth-order valence-electron chi connectivity index (χ4n) is 8.96. The Hall–Kier alpha value is -4.79. The highest BCUT2D eigenvalue weighted by Gasteiger charge is 2.48. The summed E-state index contributed by atoms with van der Waals surface area (Å²) >= 11 is 3.31. The largest absolute Gasteiger partial charge is 0.394 e. The molecule has 4 aromatic heterocycles. The third-order valence-electron chi connectivity index (χ3n) is 12.5. The summed E-state index contributed by atoms with van der Waals surface area (Å²) in [4.78, 5) is 67.2. The quantitative estimate of drug-likeness (QED) is 0.0440. The number of hydrogen-bond acceptors (Lipinski definition) is 29. The van der Waals surface area contributed by atoms with Crippen molar-refractivity contribution in [3.8, 4) is 0 Å². The Bertz CT molecular complexity index is 2880. The first-order valence-electron chi connectivity index (χ1n) is 22.3. The molecule has 0 amide bonds. The second kappa shape index (κ2) is 22.6. The van der Waals surface area contributed by atoms with Crippen molar-refractivity contribution in [2.45, 2.75) is 122 Å². The zero-order chi connectivity index (χ0) is 52.7. The number of thioether (sulfide) groups is 3. The molecule has 4 fully saturated rings. The third kappa shape index (κ3) is 11.0. The maximum absolute atomic E-state index is 13.4. The van der Waals surface area contributed by atoms with Crippen molar-refractivity contribution in [3.63, 3.8) is 0 Å². The highest BCUT2D eigenvalue weighted by Crippen LogP contribution is 2.37. The molecule has 0 saturated carbocycles. The fourth-order valence-corrected chi connectivity index (χ4v) is 12.1. The summed E-state index contributed by atoms with van der Waals surface area (Å²) in [5, 5.41) is 107. The van der Waals surface area contributed by atoms with Crippen molar-refractivity contribution in [2.75, 3.05) is 46.8 Å². The number of nitrogens with two attached hydrogens (primary N) is 4. The summed E-state index contributed by atoms with van der Waals surface area (Å²) in [6, 6.07) is 5.25. The molecule has 30 nitrogen and oxygen atoms in total. The second-order valence-corrected chi connectivity index (χ2v) is 20.5. The van der Waals surface area contributed by atoms with E-state index in [1.807, 2.05) is 0 Å². The molecule has 0 spiro atoms. The van der Waals surface area contributed by atoms with Crippen LogP contribution in [0.1, 0.15) is 47.7 Å². The van der Waals surface area contributed by atoms with Crippen LogP contribution in [0.3, 0.4) is 0 Å². The molecule has 8 rings (SSSR count). The number of aromatic nitrogens is 8. The average molecular weight is 1090 g/mol. The lowest BCUT2D eigenvalue weighted by Gasteiger charge is -2.22. The van der Waals surface area contributed by atoms with Crippen molar-refractivity contribution in [2.24, 2.45) is 0 Å². The molecular weight excluding hydrogens is 1030 g/mol. The summed E-state index contributed by atoms with van der Waals surface area (Å²) in [7, 11) is 0. The van der Waals surface area contributed by atoms with Gasteiger partial charge in [0.15, 0.2) is 24.9 Å². The summed E-state index contributed by atoms with van der Waals surface area (Å²) < 4.78 is 27.4. The maximum Gasteiger partial charge on any atom is 0.352 e. The molecule has 0 aromatic carbocycles. The molecule has 73 heavy (non-hydrogen) atoms. The van der Waals surface area contributed by atoms with Crippen molar-refractivity contribution >= 4 is 58.6 Å². The molecular formula is C40H54N12O18S3. The summed E-state index contributed by atoms with van der Waals surface area (Å²) in [5.74, 6) is -0.887. The van der Waals surface area contributed by atoms with E-state index in [1.165, 1.54) is 24.3 Å². The third-order valence-corrected chi connectivity index (χ3v) is 15.7. The fraction of sp³-hybridized carbons (Fsp3) is 0.600. The van der Waals surface area contributed by atoms with E-state index >= 15 is 0 Å². The summed E-state index contributed by atoms with van der Waals surface area (Å²) in [6.07, 6.45) is -23.0. The predicted molar refractivity (Wildman–Crippen MR) is 257 cm³/mol. The molecule has 400 valence electrons. The van der Waals surface area contributed by atoms with Gasteiger partial charge >= 0.3 is 22.8 Å². The van der Waals surface area contributed by atoms with Gasteiger partial charge in [-0.3, -0.25) is 18.3 Å². The Morgan fingerprint density at radius 3 is 0.918 bits per heavy atom. The van der Waals surface area contributed by atoms with Crippen molar-refractivity contribution < 1.29 is 70.0 Å². The number of rotatable bonds is 18. The van der Waals surface area contributed by atoms with Crippen LogP contribution < -0.4 is 45.7 Å². The van der Waals surface area contributed by atoms with Gasteiger partial charge < -0.3 is 92.9 Å². The minimum absolute atomic E-state index is 0.0139. The van der Waals surface area contributed by atoms with Crippen LogP contribution >= 0.6 is 35.3 Å². The highest BCUT2D eigenvalue weighted by atomic mass is 32.2. The van der Waals surface area contributed by atoms with Crippen molar-refractivity contribution in [1.82, 2.24) is 38.2 Å². The Balaban J connectivity index is 0.901. The van der Waals surface area contributed by atoms with Crippen LogP contribution in [0.5, 0.6) is 0 Å². The molecule has 16 atom stereocenters. The van der Waals surface area contributed by atoms with Crippen LogP contribution in [0.4, 0.5) is 23.3 Å². The molecule has 4 aromatic rings. The van der Waals surface area contributed by atoms with E-state index < -0.39 is 134 Å².